The van der Waals surface area contributed by atoms with Crippen molar-refractivity contribution in [3.63, 3.8) is 0 Å². The van der Waals surface area contributed by atoms with Crippen molar-refractivity contribution >= 4 is 0 Å². The number of hydrogen-bond donors (Lipinski definition) is 1. The minimum atomic E-state index is 0.431. The van der Waals surface area contributed by atoms with Crippen molar-refractivity contribution in [2.75, 3.05) is 13.2 Å². The molecule has 0 spiro atoms. The summed E-state index contributed by atoms with van der Waals surface area (Å²) in [5.41, 5.74) is 0.452. The Morgan fingerprint density at radius 3 is 2.74 bits per heavy atom. The molecule has 3 nitrogen and oxygen atoms in total. The molecular formula is C20H35NO2. The second-order valence-electron chi connectivity index (χ2n) is 8.05. The molecule has 2 atom stereocenters. The molecule has 2 heterocycles. The van der Waals surface area contributed by atoms with Crippen molar-refractivity contribution in [1.82, 2.24) is 5.32 Å². The molecule has 0 bridgehead atoms. The predicted octanol–water partition coefficient (Wildman–Crippen LogP) is 5.02. The maximum Gasteiger partial charge on any atom is 0.117 e. The van der Waals surface area contributed by atoms with E-state index in [1.54, 1.807) is 6.26 Å². The summed E-state index contributed by atoms with van der Waals surface area (Å²) in [5, 5.41) is 3.56. The van der Waals surface area contributed by atoms with Gasteiger partial charge in [0.05, 0.1) is 18.9 Å². The van der Waals surface area contributed by atoms with Gasteiger partial charge in [-0.3, -0.25) is 0 Å². The monoisotopic (exact) mass is 321 g/mol. The first-order valence-electron chi connectivity index (χ1n) is 9.35. The van der Waals surface area contributed by atoms with Crippen LogP contribution >= 0.6 is 0 Å². The summed E-state index contributed by atoms with van der Waals surface area (Å²) in [7, 11) is 0. The first-order valence-corrected chi connectivity index (χ1v) is 9.35. The average molecular weight is 322 g/mol. The summed E-state index contributed by atoms with van der Waals surface area (Å²) in [6, 6.07) is 3.98. The predicted molar refractivity (Wildman–Crippen MR) is 95.3 cm³/mol. The van der Waals surface area contributed by atoms with Gasteiger partial charge in [-0.1, -0.05) is 34.1 Å². The van der Waals surface area contributed by atoms with Crippen LogP contribution in [0.4, 0.5) is 0 Å². The van der Waals surface area contributed by atoms with Crippen LogP contribution in [0.15, 0.2) is 22.8 Å². The van der Waals surface area contributed by atoms with Crippen molar-refractivity contribution in [2.24, 2.45) is 17.3 Å². The third kappa shape index (κ3) is 5.96. The largest absolute Gasteiger partial charge is 0.468 e. The fourth-order valence-electron chi connectivity index (χ4n) is 3.60. The summed E-state index contributed by atoms with van der Waals surface area (Å²) >= 11 is 0. The van der Waals surface area contributed by atoms with E-state index in [4.69, 9.17) is 9.15 Å². The van der Waals surface area contributed by atoms with E-state index in [2.05, 4.69) is 33.0 Å². The van der Waals surface area contributed by atoms with E-state index < -0.39 is 0 Å². The highest BCUT2D eigenvalue weighted by Gasteiger charge is 2.37. The Hall–Kier alpha value is -0.800. The smallest absolute Gasteiger partial charge is 0.117 e. The summed E-state index contributed by atoms with van der Waals surface area (Å²) in [4.78, 5) is 0. The van der Waals surface area contributed by atoms with Crippen LogP contribution in [0.2, 0.25) is 0 Å². The van der Waals surface area contributed by atoms with Gasteiger partial charge in [-0.05, 0) is 61.6 Å². The molecule has 132 valence electrons. The molecule has 1 saturated heterocycles. The van der Waals surface area contributed by atoms with Crippen molar-refractivity contribution in [1.29, 1.82) is 0 Å². The number of rotatable bonds is 9. The fraction of sp³-hybridized carbons (Fsp3) is 0.800. The summed E-state index contributed by atoms with van der Waals surface area (Å²) in [6.45, 7) is 12.1. The van der Waals surface area contributed by atoms with E-state index in [0.717, 1.165) is 31.4 Å². The van der Waals surface area contributed by atoms with Crippen molar-refractivity contribution in [3.05, 3.63) is 24.2 Å². The SMILES string of the molecule is CC(C)CC[C@@]1(CCNCc2ccco2)CCO[C@H](C(C)C)C1. The highest BCUT2D eigenvalue weighted by Crippen LogP contribution is 2.43. The average Bonchev–Trinajstić information content (AvgIpc) is 3.03. The highest BCUT2D eigenvalue weighted by molar-refractivity contribution is 4.97. The van der Waals surface area contributed by atoms with Gasteiger partial charge in [0.1, 0.15) is 5.76 Å². The summed E-state index contributed by atoms with van der Waals surface area (Å²) < 4.78 is 11.4. The topological polar surface area (TPSA) is 34.4 Å². The first kappa shape index (κ1) is 18.5. The zero-order chi connectivity index (χ0) is 16.7. The molecule has 1 aliphatic heterocycles. The molecule has 1 fully saturated rings. The Kier molecular flexibility index (Phi) is 7.16. The zero-order valence-electron chi connectivity index (χ0n) is 15.4. The van der Waals surface area contributed by atoms with Crippen LogP contribution in [0, 0.1) is 17.3 Å². The number of hydrogen-bond acceptors (Lipinski definition) is 3. The van der Waals surface area contributed by atoms with Crippen molar-refractivity contribution < 1.29 is 9.15 Å². The van der Waals surface area contributed by atoms with E-state index in [1.165, 1.54) is 32.1 Å². The highest BCUT2D eigenvalue weighted by atomic mass is 16.5. The summed E-state index contributed by atoms with van der Waals surface area (Å²) in [6.07, 6.45) is 8.51. The van der Waals surface area contributed by atoms with E-state index in [9.17, 15) is 0 Å². The molecule has 1 aromatic heterocycles. The first-order chi connectivity index (χ1) is 11.0. The molecule has 0 aliphatic carbocycles. The number of furan rings is 1. The molecule has 2 rings (SSSR count). The van der Waals surface area contributed by atoms with Crippen LogP contribution < -0.4 is 5.32 Å². The van der Waals surface area contributed by atoms with Crippen LogP contribution in [-0.2, 0) is 11.3 Å². The molecule has 0 radical (unpaired) electrons. The number of nitrogens with one attached hydrogen (secondary N) is 1. The van der Waals surface area contributed by atoms with Crippen LogP contribution in [0.3, 0.4) is 0 Å². The van der Waals surface area contributed by atoms with Gasteiger partial charge in [0.15, 0.2) is 0 Å². The van der Waals surface area contributed by atoms with Gasteiger partial charge >= 0.3 is 0 Å². The molecule has 3 heteroatoms. The molecule has 1 aliphatic rings. The maximum atomic E-state index is 6.03. The molecule has 23 heavy (non-hydrogen) atoms. The van der Waals surface area contributed by atoms with E-state index >= 15 is 0 Å². The Labute approximate surface area is 142 Å². The third-order valence-corrected chi connectivity index (χ3v) is 5.31. The fourth-order valence-corrected chi connectivity index (χ4v) is 3.60. The van der Waals surface area contributed by atoms with Crippen LogP contribution in [0.1, 0.15) is 65.6 Å². The van der Waals surface area contributed by atoms with E-state index in [-0.39, 0.29) is 0 Å². The molecule has 1 aromatic rings. The zero-order valence-corrected chi connectivity index (χ0v) is 15.4. The van der Waals surface area contributed by atoms with Gasteiger partial charge in [-0.2, -0.15) is 0 Å². The van der Waals surface area contributed by atoms with Gasteiger partial charge in [-0.15, -0.1) is 0 Å². The lowest BCUT2D eigenvalue weighted by atomic mass is 9.69. The van der Waals surface area contributed by atoms with Gasteiger partial charge in [-0.25, -0.2) is 0 Å². The molecule has 0 saturated carbocycles. The molecule has 1 N–H and O–H groups in total. The Morgan fingerprint density at radius 1 is 1.26 bits per heavy atom. The third-order valence-electron chi connectivity index (χ3n) is 5.31. The Balaban J connectivity index is 1.87. The van der Waals surface area contributed by atoms with Crippen molar-refractivity contribution in [2.45, 2.75) is 72.4 Å². The van der Waals surface area contributed by atoms with Crippen molar-refractivity contribution in [3.8, 4) is 0 Å². The lowest BCUT2D eigenvalue weighted by Gasteiger charge is -2.43. The Morgan fingerprint density at radius 2 is 2.09 bits per heavy atom. The summed E-state index contributed by atoms with van der Waals surface area (Å²) in [5.74, 6) is 2.42. The Bertz CT molecular complexity index is 427. The lowest BCUT2D eigenvalue weighted by molar-refractivity contribution is -0.0761. The maximum absolute atomic E-state index is 6.03. The van der Waals surface area contributed by atoms with Gasteiger partial charge in [0, 0.05) is 6.61 Å². The molecule has 0 aromatic carbocycles. The van der Waals surface area contributed by atoms with E-state index in [1.807, 2.05) is 12.1 Å². The molecule has 0 amide bonds. The second-order valence-corrected chi connectivity index (χ2v) is 8.05. The van der Waals surface area contributed by atoms with Crippen LogP contribution in [0.5, 0.6) is 0 Å². The van der Waals surface area contributed by atoms with Gasteiger partial charge in [0.2, 0.25) is 0 Å². The lowest BCUT2D eigenvalue weighted by Crippen LogP contribution is -2.39. The van der Waals surface area contributed by atoms with Crippen LogP contribution in [-0.4, -0.2) is 19.3 Å². The van der Waals surface area contributed by atoms with Crippen LogP contribution in [0.25, 0.3) is 0 Å². The van der Waals surface area contributed by atoms with Gasteiger partial charge < -0.3 is 14.5 Å². The van der Waals surface area contributed by atoms with E-state index in [0.29, 0.717) is 17.4 Å². The molecular weight excluding hydrogens is 286 g/mol. The minimum Gasteiger partial charge on any atom is -0.468 e. The minimum absolute atomic E-state index is 0.431. The standard InChI is InChI=1S/C20H35NO2/c1-16(2)7-8-20(10-13-23-19(14-20)17(3)4)9-11-21-15-18-6-5-12-22-18/h5-6,12,16-17,19,21H,7-11,13-15H2,1-4H3/t19-,20+/m0/s1. The second kappa shape index (κ2) is 8.89. The molecule has 0 unspecified atom stereocenters. The number of ether oxygens (including phenoxy) is 1. The quantitative estimate of drug-likeness (QED) is 0.649. The van der Waals surface area contributed by atoms with Gasteiger partial charge in [0.25, 0.3) is 0 Å². The normalized spacial score (nSPS) is 25.4.